The van der Waals surface area contributed by atoms with Crippen LogP contribution in [0.4, 0.5) is 5.69 Å². The molecule has 31 heavy (non-hydrogen) atoms. The number of hydrogen-bond acceptors (Lipinski definition) is 5. The van der Waals surface area contributed by atoms with E-state index in [0.29, 0.717) is 17.0 Å². The summed E-state index contributed by atoms with van der Waals surface area (Å²) in [6.07, 6.45) is 4.32. The zero-order valence-electron chi connectivity index (χ0n) is 18.7. The van der Waals surface area contributed by atoms with Crippen LogP contribution in [0.25, 0.3) is 0 Å². The van der Waals surface area contributed by atoms with E-state index >= 15 is 0 Å². The fourth-order valence-electron chi connectivity index (χ4n) is 4.07. The summed E-state index contributed by atoms with van der Waals surface area (Å²) in [5.74, 6) is 0.642. The zero-order chi connectivity index (χ0) is 22.4. The van der Waals surface area contributed by atoms with Gasteiger partial charge in [-0.1, -0.05) is 31.9 Å². The first-order valence-electron chi connectivity index (χ1n) is 10.8. The first-order chi connectivity index (χ1) is 14.9. The molecule has 166 valence electrons. The maximum absolute atomic E-state index is 13.5. The number of ether oxygens (including phenoxy) is 3. The summed E-state index contributed by atoms with van der Waals surface area (Å²) >= 11 is 0. The number of esters is 1. The highest BCUT2D eigenvalue weighted by Crippen LogP contribution is 2.42. The molecule has 6 nitrogen and oxygen atoms in total. The summed E-state index contributed by atoms with van der Waals surface area (Å²) in [6, 6.07) is 12.8. The Kier molecular flexibility index (Phi) is 7.21. The summed E-state index contributed by atoms with van der Waals surface area (Å²) in [7, 11) is 2.96. The molecule has 0 heterocycles. The van der Waals surface area contributed by atoms with E-state index in [1.165, 1.54) is 7.11 Å². The van der Waals surface area contributed by atoms with Crippen LogP contribution in [0.3, 0.4) is 0 Å². The lowest BCUT2D eigenvalue weighted by atomic mass is 9.78. The Morgan fingerprint density at radius 2 is 1.74 bits per heavy atom. The van der Waals surface area contributed by atoms with Crippen molar-refractivity contribution in [3.05, 3.63) is 53.6 Å². The Hall–Kier alpha value is -3.02. The van der Waals surface area contributed by atoms with Crippen molar-refractivity contribution in [2.75, 3.05) is 19.5 Å². The molecule has 0 bridgehead atoms. The molecule has 2 aromatic rings. The number of carbonyl (C=O) groups excluding carboxylic acids is 2. The fraction of sp³-hybridized carbons (Fsp3) is 0.440. The van der Waals surface area contributed by atoms with Gasteiger partial charge < -0.3 is 19.5 Å². The number of anilines is 1. The first kappa shape index (κ1) is 22.7. The van der Waals surface area contributed by atoms with E-state index in [0.717, 1.165) is 43.4 Å². The standard InChI is InChI=1S/C25H31NO5/c1-5-17(2)31-22-13-10-19(16-21(22)23(27)30-4)26-24(28)25(14-6-7-15-25)18-8-11-20(29-3)12-9-18/h8-13,16-17H,5-7,14-15H2,1-4H3,(H,26,28)/t17-/m1/s1. The maximum atomic E-state index is 13.5. The molecule has 1 atom stereocenters. The number of benzene rings is 2. The lowest BCUT2D eigenvalue weighted by molar-refractivity contribution is -0.121. The Labute approximate surface area is 183 Å². The van der Waals surface area contributed by atoms with Gasteiger partial charge in [0.05, 0.1) is 25.7 Å². The highest BCUT2D eigenvalue weighted by molar-refractivity contribution is 6.01. The summed E-state index contributed by atoms with van der Waals surface area (Å²) < 4.78 is 16.0. The molecule has 1 N–H and O–H groups in total. The zero-order valence-corrected chi connectivity index (χ0v) is 18.7. The van der Waals surface area contributed by atoms with E-state index in [-0.39, 0.29) is 12.0 Å². The predicted octanol–water partition coefficient (Wildman–Crippen LogP) is 5.11. The van der Waals surface area contributed by atoms with Crippen LogP contribution in [-0.2, 0) is 14.9 Å². The van der Waals surface area contributed by atoms with Gasteiger partial charge in [0, 0.05) is 5.69 Å². The molecule has 1 aliphatic rings. The van der Waals surface area contributed by atoms with E-state index < -0.39 is 11.4 Å². The monoisotopic (exact) mass is 425 g/mol. The molecular weight excluding hydrogens is 394 g/mol. The predicted molar refractivity (Wildman–Crippen MR) is 120 cm³/mol. The van der Waals surface area contributed by atoms with Crippen LogP contribution in [0.2, 0.25) is 0 Å². The Balaban J connectivity index is 1.88. The van der Waals surface area contributed by atoms with E-state index in [1.54, 1.807) is 25.3 Å². The van der Waals surface area contributed by atoms with Crippen LogP contribution in [-0.4, -0.2) is 32.2 Å². The van der Waals surface area contributed by atoms with Gasteiger partial charge in [-0.15, -0.1) is 0 Å². The van der Waals surface area contributed by atoms with Gasteiger partial charge in [-0.05, 0) is 62.1 Å². The van der Waals surface area contributed by atoms with E-state index in [2.05, 4.69) is 5.32 Å². The van der Waals surface area contributed by atoms with E-state index in [9.17, 15) is 9.59 Å². The molecule has 1 saturated carbocycles. The minimum absolute atomic E-state index is 0.0410. The van der Waals surface area contributed by atoms with E-state index in [4.69, 9.17) is 14.2 Å². The molecule has 1 amide bonds. The average molecular weight is 426 g/mol. The molecular formula is C25H31NO5. The third kappa shape index (κ3) is 4.84. The molecule has 6 heteroatoms. The Bertz CT molecular complexity index is 916. The van der Waals surface area contributed by atoms with Crippen molar-refractivity contribution in [1.29, 1.82) is 0 Å². The minimum atomic E-state index is -0.594. The third-order valence-corrected chi connectivity index (χ3v) is 6.08. The number of carbonyl (C=O) groups is 2. The molecule has 0 unspecified atom stereocenters. The molecule has 0 aromatic heterocycles. The molecule has 0 spiro atoms. The molecule has 2 aromatic carbocycles. The van der Waals surface area contributed by atoms with Crippen molar-refractivity contribution in [3.8, 4) is 11.5 Å². The Morgan fingerprint density at radius 1 is 1.06 bits per heavy atom. The van der Waals surface area contributed by atoms with Crippen LogP contribution in [0, 0.1) is 0 Å². The first-order valence-corrected chi connectivity index (χ1v) is 10.8. The maximum Gasteiger partial charge on any atom is 0.341 e. The van der Waals surface area contributed by atoms with Crippen molar-refractivity contribution in [2.45, 2.75) is 57.5 Å². The van der Waals surface area contributed by atoms with Crippen LogP contribution >= 0.6 is 0 Å². The quantitative estimate of drug-likeness (QED) is 0.595. The molecule has 1 aliphatic carbocycles. The van der Waals surface area contributed by atoms with Crippen molar-refractivity contribution in [3.63, 3.8) is 0 Å². The topological polar surface area (TPSA) is 73.9 Å². The van der Waals surface area contributed by atoms with Gasteiger partial charge in [0.25, 0.3) is 0 Å². The number of rotatable bonds is 8. The number of nitrogens with one attached hydrogen (secondary N) is 1. The largest absolute Gasteiger partial charge is 0.497 e. The number of amides is 1. The van der Waals surface area contributed by atoms with Gasteiger partial charge >= 0.3 is 5.97 Å². The summed E-state index contributed by atoms with van der Waals surface area (Å²) in [6.45, 7) is 3.95. The third-order valence-electron chi connectivity index (χ3n) is 6.08. The van der Waals surface area contributed by atoms with Crippen LogP contribution < -0.4 is 14.8 Å². The van der Waals surface area contributed by atoms with Gasteiger partial charge in [0.1, 0.15) is 17.1 Å². The molecule has 0 aliphatic heterocycles. The molecule has 1 fully saturated rings. The normalized spacial score (nSPS) is 15.7. The molecule has 3 rings (SSSR count). The second-order valence-corrected chi connectivity index (χ2v) is 8.01. The lowest BCUT2D eigenvalue weighted by Gasteiger charge is -2.28. The van der Waals surface area contributed by atoms with Crippen molar-refractivity contribution < 1.29 is 23.8 Å². The van der Waals surface area contributed by atoms with Gasteiger partial charge in [0.15, 0.2) is 0 Å². The molecule has 0 radical (unpaired) electrons. The van der Waals surface area contributed by atoms with Gasteiger partial charge in [-0.3, -0.25) is 4.79 Å². The van der Waals surface area contributed by atoms with E-state index in [1.807, 2.05) is 38.1 Å². The summed E-state index contributed by atoms with van der Waals surface area (Å²) in [5.41, 5.74) is 1.23. The van der Waals surface area contributed by atoms with Crippen molar-refractivity contribution >= 4 is 17.6 Å². The smallest absolute Gasteiger partial charge is 0.341 e. The van der Waals surface area contributed by atoms with Crippen LogP contribution in [0.5, 0.6) is 11.5 Å². The van der Waals surface area contributed by atoms with Crippen LogP contribution in [0.1, 0.15) is 61.9 Å². The van der Waals surface area contributed by atoms with Gasteiger partial charge in [-0.25, -0.2) is 4.79 Å². The van der Waals surface area contributed by atoms with Gasteiger partial charge in [0.2, 0.25) is 5.91 Å². The lowest BCUT2D eigenvalue weighted by Crippen LogP contribution is -2.38. The second-order valence-electron chi connectivity index (χ2n) is 8.01. The molecule has 0 saturated heterocycles. The average Bonchev–Trinajstić information content (AvgIpc) is 3.30. The van der Waals surface area contributed by atoms with Gasteiger partial charge in [-0.2, -0.15) is 0 Å². The fourth-order valence-corrected chi connectivity index (χ4v) is 4.07. The summed E-state index contributed by atoms with van der Waals surface area (Å²) in [5, 5.41) is 3.03. The number of hydrogen-bond donors (Lipinski definition) is 1. The SMILES string of the molecule is CC[C@@H](C)Oc1ccc(NC(=O)C2(c3ccc(OC)cc3)CCCC2)cc1C(=O)OC. The Morgan fingerprint density at radius 3 is 2.32 bits per heavy atom. The van der Waals surface area contributed by atoms with Crippen molar-refractivity contribution in [2.24, 2.45) is 0 Å². The number of methoxy groups -OCH3 is 2. The second kappa shape index (κ2) is 9.86. The minimum Gasteiger partial charge on any atom is -0.497 e. The summed E-state index contributed by atoms with van der Waals surface area (Å²) in [4.78, 5) is 25.8. The highest BCUT2D eigenvalue weighted by Gasteiger charge is 2.42. The highest BCUT2D eigenvalue weighted by atomic mass is 16.5. The van der Waals surface area contributed by atoms with Crippen molar-refractivity contribution in [1.82, 2.24) is 0 Å². The van der Waals surface area contributed by atoms with Crippen LogP contribution in [0.15, 0.2) is 42.5 Å².